The fourth-order valence-electron chi connectivity index (χ4n) is 7.92. The molecule has 3 fully saturated rings. The van der Waals surface area contributed by atoms with Crippen molar-refractivity contribution in [2.75, 3.05) is 0 Å². The second-order valence-electron chi connectivity index (χ2n) is 13.9. The van der Waals surface area contributed by atoms with Crippen LogP contribution in [0.5, 0.6) is 0 Å². The van der Waals surface area contributed by atoms with E-state index in [2.05, 4.69) is 77.2 Å². The van der Waals surface area contributed by atoms with E-state index in [-0.39, 0.29) is 22.7 Å². The first-order valence-corrected chi connectivity index (χ1v) is 17.1. The molecule has 3 saturated carbocycles. The third-order valence-corrected chi connectivity index (χ3v) is 15.4. The molecule has 4 aliphatic rings. The highest BCUT2D eigenvalue weighted by molar-refractivity contribution is 6.74. The molecule has 8 atom stereocenters. The molecular weight excluding hydrogens is 448 g/mol. The van der Waals surface area contributed by atoms with Gasteiger partial charge in [0.2, 0.25) is 0 Å². The minimum absolute atomic E-state index is 0.219. The normalized spacial score (nSPS) is 39.4. The SMILES string of the molecule is CC(C)(C)[Si](C)(C)O[C@H]1CC[C@H]2[C@@H]3CCC4=C[C@@H](O)C[C@H]4[C@@H](OCc4ccccc4)[C@H]3CC[C@]12C. The summed E-state index contributed by atoms with van der Waals surface area (Å²) in [6.45, 7) is 15.2. The van der Waals surface area contributed by atoms with E-state index in [0.29, 0.717) is 30.5 Å². The van der Waals surface area contributed by atoms with Gasteiger partial charge in [-0.2, -0.15) is 0 Å². The van der Waals surface area contributed by atoms with E-state index in [9.17, 15) is 5.11 Å². The molecule has 1 N–H and O–H groups in total. The predicted octanol–water partition coefficient (Wildman–Crippen LogP) is 7.51. The van der Waals surface area contributed by atoms with Crippen LogP contribution in [0.15, 0.2) is 42.0 Å². The van der Waals surface area contributed by atoms with Gasteiger partial charge in [0.05, 0.1) is 24.9 Å². The van der Waals surface area contributed by atoms with Crippen molar-refractivity contribution in [1.82, 2.24) is 0 Å². The summed E-state index contributed by atoms with van der Waals surface area (Å²) in [4.78, 5) is 0. The third-order valence-electron chi connectivity index (χ3n) is 10.9. The van der Waals surface area contributed by atoms with Crippen molar-refractivity contribution in [1.29, 1.82) is 0 Å². The average molecular weight is 497 g/mol. The first-order chi connectivity index (χ1) is 16.5. The second kappa shape index (κ2) is 9.42. The summed E-state index contributed by atoms with van der Waals surface area (Å²) in [6.07, 6.45) is 10.7. The molecule has 0 unspecified atom stereocenters. The van der Waals surface area contributed by atoms with Gasteiger partial charge in [-0.15, -0.1) is 0 Å². The molecule has 0 aromatic heterocycles. The standard InChI is InChI=1S/C31H48O3Si/c1-30(2,3)35(5,6)34-28-15-14-27-24-13-12-22-18-23(32)19-26(22)29(25(24)16-17-31(27,28)4)33-20-21-10-8-7-9-11-21/h7-11,18,23-29,32H,12-17,19-20H2,1-6H3/t23-,24-,25+,26-,27+,28+,29+,31+/m1/s1. The van der Waals surface area contributed by atoms with Gasteiger partial charge < -0.3 is 14.3 Å². The number of rotatable bonds is 5. The number of benzene rings is 1. The van der Waals surface area contributed by atoms with E-state index in [1.807, 2.05) is 0 Å². The van der Waals surface area contributed by atoms with Gasteiger partial charge in [0.15, 0.2) is 8.32 Å². The molecule has 4 aliphatic carbocycles. The van der Waals surface area contributed by atoms with Crippen LogP contribution in [-0.4, -0.2) is 31.7 Å². The van der Waals surface area contributed by atoms with Crippen molar-refractivity contribution < 1.29 is 14.3 Å². The van der Waals surface area contributed by atoms with Crippen molar-refractivity contribution in [2.45, 2.75) is 116 Å². The van der Waals surface area contributed by atoms with Gasteiger partial charge in [-0.3, -0.25) is 0 Å². The fourth-order valence-corrected chi connectivity index (χ4v) is 9.37. The lowest BCUT2D eigenvalue weighted by Crippen LogP contribution is -2.51. The molecule has 0 spiro atoms. The fraction of sp³-hybridized carbons (Fsp3) is 0.742. The number of aliphatic hydroxyl groups excluding tert-OH is 1. The van der Waals surface area contributed by atoms with Crippen molar-refractivity contribution in [3.63, 3.8) is 0 Å². The van der Waals surface area contributed by atoms with Gasteiger partial charge in [0, 0.05) is 5.92 Å². The first-order valence-electron chi connectivity index (χ1n) is 14.2. The summed E-state index contributed by atoms with van der Waals surface area (Å²) in [5.41, 5.74) is 3.01. The van der Waals surface area contributed by atoms with Gasteiger partial charge in [-0.25, -0.2) is 0 Å². The highest BCUT2D eigenvalue weighted by Crippen LogP contribution is 2.62. The lowest BCUT2D eigenvalue weighted by molar-refractivity contribution is -0.0987. The Morgan fingerprint density at radius 3 is 2.49 bits per heavy atom. The molecule has 0 saturated heterocycles. The van der Waals surface area contributed by atoms with Crippen LogP contribution in [0, 0.1) is 29.1 Å². The Morgan fingerprint density at radius 1 is 1.03 bits per heavy atom. The van der Waals surface area contributed by atoms with Crippen LogP contribution < -0.4 is 0 Å². The topological polar surface area (TPSA) is 38.7 Å². The van der Waals surface area contributed by atoms with Gasteiger partial charge in [0.1, 0.15) is 0 Å². The Bertz CT molecular complexity index is 919. The summed E-state index contributed by atoms with van der Waals surface area (Å²) in [6, 6.07) is 10.6. The van der Waals surface area contributed by atoms with Crippen LogP contribution >= 0.6 is 0 Å². The summed E-state index contributed by atoms with van der Waals surface area (Å²) in [7, 11) is -1.80. The van der Waals surface area contributed by atoms with E-state index >= 15 is 0 Å². The average Bonchev–Trinajstić information content (AvgIpc) is 3.28. The summed E-state index contributed by atoms with van der Waals surface area (Å²) >= 11 is 0. The van der Waals surface area contributed by atoms with Crippen molar-refractivity contribution in [2.24, 2.45) is 29.1 Å². The Kier molecular flexibility index (Phi) is 6.91. The quantitative estimate of drug-likeness (QED) is 0.339. The maximum absolute atomic E-state index is 10.5. The zero-order chi connectivity index (χ0) is 25.0. The molecule has 35 heavy (non-hydrogen) atoms. The number of aliphatic hydroxyl groups is 1. The summed E-state index contributed by atoms with van der Waals surface area (Å²) in [5.74, 6) is 2.40. The van der Waals surface area contributed by atoms with E-state index in [4.69, 9.17) is 9.16 Å². The lowest BCUT2D eigenvalue weighted by Gasteiger charge is -2.52. The van der Waals surface area contributed by atoms with Crippen LogP contribution in [0.25, 0.3) is 0 Å². The Balaban J connectivity index is 1.39. The van der Waals surface area contributed by atoms with E-state index < -0.39 is 8.32 Å². The van der Waals surface area contributed by atoms with Gasteiger partial charge in [-0.05, 0) is 91.8 Å². The molecule has 0 aliphatic heterocycles. The molecule has 3 nitrogen and oxygen atoms in total. The molecule has 1 aromatic rings. The number of ether oxygens (including phenoxy) is 1. The zero-order valence-electron chi connectivity index (χ0n) is 22.9. The van der Waals surface area contributed by atoms with Gasteiger partial charge in [-0.1, -0.05) is 69.7 Å². The van der Waals surface area contributed by atoms with Crippen LogP contribution in [0.4, 0.5) is 0 Å². The Labute approximate surface area is 214 Å². The molecule has 1 aromatic carbocycles. The highest BCUT2D eigenvalue weighted by Gasteiger charge is 2.58. The number of hydrogen-bond acceptors (Lipinski definition) is 3. The predicted molar refractivity (Wildman–Crippen MR) is 146 cm³/mol. The van der Waals surface area contributed by atoms with Crippen molar-refractivity contribution in [3.8, 4) is 0 Å². The molecule has 5 rings (SSSR count). The smallest absolute Gasteiger partial charge is 0.192 e. The molecular formula is C31H48O3Si. The molecule has 0 heterocycles. The van der Waals surface area contributed by atoms with Crippen molar-refractivity contribution >= 4 is 8.32 Å². The number of fused-ring (bicyclic) bond motifs is 4. The second-order valence-corrected chi connectivity index (χ2v) is 18.6. The van der Waals surface area contributed by atoms with Crippen LogP contribution in [0.3, 0.4) is 0 Å². The maximum Gasteiger partial charge on any atom is 0.192 e. The summed E-state index contributed by atoms with van der Waals surface area (Å²) < 4.78 is 14.0. The highest BCUT2D eigenvalue weighted by atomic mass is 28.4. The molecule has 194 valence electrons. The van der Waals surface area contributed by atoms with Gasteiger partial charge >= 0.3 is 0 Å². The molecule has 0 bridgehead atoms. The maximum atomic E-state index is 10.5. The Hall–Kier alpha value is -0.943. The summed E-state index contributed by atoms with van der Waals surface area (Å²) in [5, 5.41) is 10.8. The van der Waals surface area contributed by atoms with Gasteiger partial charge in [0.25, 0.3) is 0 Å². The lowest BCUT2D eigenvalue weighted by atomic mass is 9.57. The minimum Gasteiger partial charge on any atom is -0.413 e. The first kappa shape index (κ1) is 25.7. The van der Waals surface area contributed by atoms with E-state index in [1.54, 1.807) is 0 Å². The van der Waals surface area contributed by atoms with E-state index in [0.717, 1.165) is 18.8 Å². The Morgan fingerprint density at radius 2 is 1.77 bits per heavy atom. The number of hydrogen-bond donors (Lipinski definition) is 1. The minimum atomic E-state index is -1.80. The molecule has 4 heteroatoms. The monoisotopic (exact) mass is 496 g/mol. The third kappa shape index (κ3) is 4.74. The van der Waals surface area contributed by atoms with Crippen molar-refractivity contribution in [3.05, 3.63) is 47.5 Å². The molecule has 0 radical (unpaired) electrons. The zero-order valence-corrected chi connectivity index (χ0v) is 23.9. The molecule has 0 amide bonds. The van der Waals surface area contributed by atoms with E-state index in [1.165, 1.54) is 43.2 Å². The largest absolute Gasteiger partial charge is 0.413 e. The van der Waals surface area contributed by atoms with Crippen LogP contribution in [0.1, 0.15) is 78.2 Å². The van der Waals surface area contributed by atoms with Crippen LogP contribution in [-0.2, 0) is 15.8 Å². The van der Waals surface area contributed by atoms with Crippen LogP contribution in [0.2, 0.25) is 18.1 Å².